The van der Waals surface area contributed by atoms with Gasteiger partial charge >= 0.3 is 0 Å². The number of hydrogen-bond acceptors (Lipinski definition) is 6. The summed E-state index contributed by atoms with van der Waals surface area (Å²) in [4.78, 5) is 23.3. The van der Waals surface area contributed by atoms with E-state index in [4.69, 9.17) is 44.3 Å². The number of carbonyl (C=O) groups excluding carboxylic acids is 1. The molecule has 3 aromatic rings. The first-order valence-electron chi connectivity index (χ1n) is 9.83. The van der Waals surface area contributed by atoms with Gasteiger partial charge in [0.15, 0.2) is 5.75 Å². The minimum Gasteiger partial charge on any atom is -0.496 e. The van der Waals surface area contributed by atoms with Gasteiger partial charge in [0, 0.05) is 5.02 Å². The van der Waals surface area contributed by atoms with E-state index in [1.165, 1.54) is 37.5 Å². The van der Waals surface area contributed by atoms with Gasteiger partial charge in [0.05, 0.1) is 28.1 Å². The minimum atomic E-state index is -0.851. The Hall–Kier alpha value is -3.77. The van der Waals surface area contributed by atoms with Gasteiger partial charge in [-0.2, -0.15) is 5.26 Å². The van der Waals surface area contributed by atoms with Crippen molar-refractivity contribution in [2.24, 2.45) is 0 Å². The molecule has 0 fully saturated rings. The Morgan fingerprint density at radius 1 is 1.11 bits per heavy atom. The summed E-state index contributed by atoms with van der Waals surface area (Å²) in [5.74, 6) is -0.373. The second-order valence-corrected chi connectivity index (χ2v) is 8.24. The summed E-state index contributed by atoms with van der Waals surface area (Å²) < 4.78 is 10.7. The third-order valence-corrected chi connectivity index (χ3v) is 5.46. The van der Waals surface area contributed by atoms with E-state index in [2.05, 4.69) is 5.32 Å². The molecule has 0 aliphatic carbocycles. The van der Waals surface area contributed by atoms with E-state index >= 15 is 0 Å². The number of rotatable bonds is 8. The maximum atomic E-state index is 12.6. The molecule has 0 saturated heterocycles. The lowest BCUT2D eigenvalue weighted by Crippen LogP contribution is -2.14. The topological polar surface area (TPSA) is 114 Å². The highest BCUT2D eigenvalue weighted by Crippen LogP contribution is 2.36. The summed E-state index contributed by atoms with van der Waals surface area (Å²) in [6.07, 6.45) is 1.26. The van der Waals surface area contributed by atoms with Crippen LogP contribution in [0.4, 0.5) is 11.4 Å². The van der Waals surface area contributed by atoms with Crippen LogP contribution < -0.4 is 14.8 Å². The lowest BCUT2D eigenvalue weighted by molar-refractivity contribution is -0.384. The summed E-state index contributed by atoms with van der Waals surface area (Å²) in [7, 11) is 1.36. The van der Waals surface area contributed by atoms with Crippen LogP contribution in [0.2, 0.25) is 15.1 Å². The van der Waals surface area contributed by atoms with Crippen LogP contribution in [0.25, 0.3) is 6.08 Å². The second kappa shape index (κ2) is 11.6. The zero-order chi connectivity index (χ0) is 25.5. The fourth-order valence-corrected chi connectivity index (χ4v) is 3.68. The molecule has 0 aromatic heterocycles. The maximum Gasteiger partial charge on any atom is 0.296 e. The maximum absolute atomic E-state index is 12.6. The van der Waals surface area contributed by atoms with Crippen molar-refractivity contribution < 1.29 is 19.2 Å². The van der Waals surface area contributed by atoms with E-state index in [0.717, 1.165) is 11.6 Å². The average molecular weight is 533 g/mol. The van der Waals surface area contributed by atoms with Crippen molar-refractivity contribution in [2.75, 3.05) is 12.4 Å². The fraction of sp³-hybridized carbons (Fsp3) is 0.0833. The Balaban J connectivity index is 1.80. The number of halogens is 3. The van der Waals surface area contributed by atoms with E-state index in [0.29, 0.717) is 10.6 Å². The van der Waals surface area contributed by atoms with Gasteiger partial charge in [-0.15, -0.1) is 0 Å². The smallest absolute Gasteiger partial charge is 0.296 e. The number of nitrogens with one attached hydrogen (secondary N) is 1. The van der Waals surface area contributed by atoms with Crippen LogP contribution in [0.15, 0.2) is 60.2 Å². The molecule has 0 aliphatic rings. The summed E-state index contributed by atoms with van der Waals surface area (Å²) in [6.45, 7) is 0.193. The van der Waals surface area contributed by atoms with E-state index in [9.17, 15) is 20.2 Å². The van der Waals surface area contributed by atoms with Crippen molar-refractivity contribution in [2.45, 2.75) is 6.61 Å². The predicted octanol–water partition coefficient (Wildman–Crippen LogP) is 6.69. The molecular formula is C24H16Cl3N3O5. The number of nitriles is 1. The summed E-state index contributed by atoms with van der Waals surface area (Å²) >= 11 is 18.5. The molecule has 1 N–H and O–H groups in total. The van der Waals surface area contributed by atoms with Gasteiger partial charge < -0.3 is 14.8 Å². The molecule has 0 aliphatic heterocycles. The highest BCUT2D eigenvalue weighted by molar-refractivity contribution is 6.37. The lowest BCUT2D eigenvalue weighted by atomic mass is 10.1. The molecule has 1 amide bonds. The lowest BCUT2D eigenvalue weighted by Gasteiger charge is -2.11. The molecular weight excluding hydrogens is 517 g/mol. The quantitative estimate of drug-likeness (QED) is 0.150. The number of nitrogens with zero attached hydrogens (tertiary/aromatic N) is 2. The SMILES string of the molecule is COc1ccc(NC(=O)/C(C#N)=C/c2cc(Cl)c(OCc3ccc(Cl)cc3)c(Cl)c2)c([N+](=O)[O-])c1. The number of benzene rings is 3. The van der Waals surface area contributed by atoms with Crippen LogP contribution >= 0.6 is 34.8 Å². The Labute approximate surface area is 215 Å². The van der Waals surface area contributed by atoms with E-state index in [1.54, 1.807) is 30.3 Å². The van der Waals surface area contributed by atoms with E-state index < -0.39 is 10.8 Å². The van der Waals surface area contributed by atoms with Crippen molar-refractivity contribution >= 4 is 58.2 Å². The number of carbonyl (C=O) groups is 1. The highest BCUT2D eigenvalue weighted by atomic mass is 35.5. The van der Waals surface area contributed by atoms with Crippen molar-refractivity contribution in [3.05, 3.63) is 96.5 Å². The van der Waals surface area contributed by atoms with Gasteiger partial charge in [0.2, 0.25) is 0 Å². The molecule has 0 atom stereocenters. The van der Waals surface area contributed by atoms with Gasteiger partial charge in [0.1, 0.15) is 29.7 Å². The highest BCUT2D eigenvalue weighted by Gasteiger charge is 2.19. The molecule has 0 radical (unpaired) electrons. The Kier molecular flexibility index (Phi) is 8.55. The molecule has 35 heavy (non-hydrogen) atoms. The third-order valence-electron chi connectivity index (χ3n) is 4.64. The van der Waals surface area contributed by atoms with Gasteiger partial charge in [-0.05, 0) is 53.6 Å². The molecule has 0 heterocycles. The number of ether oxygens (including phenoxy) is 2. The largest absolute Gasteiger partial charge is 0.496 e. The fourth-order valence-electron chi connectivity index (χ4n) is 2.94. The molecule has 3 rings (SSSR count). The first-order chi connectivity index (χ1) is 16.7. The zero-order valence-corrected chi connectivity index (χ0v) is 20.3. The Morgan fingerprint density at radius 2 is 1.77 bits per heavy atom. The van der Waals surface area contributed by atoms with Crippen molar-refractivity contribution in [3.8, 4) is 17.6 Å². The molecule has 0 unspecified atom stereocenters. The first kappa shape index (κ1) is 25.8. The summed E-state index contributed by atoms with van der Waals surface area (Å²) in [5.41, 5.74) is 0.403. The van der Waals surface area contributed by atoms with Crippen molar-refractivity contribution in [3.63, 3.8) is 0 Å². The number of nitro benzene ring substituents is 1. The number of hydrogen-bond donors (Lipinski definition) is 1. The average Bonchev–Trinajstić information content (AvgIpc) is 2.83. The summed E-state index contributed by atoms with van der Waals surface area (Å²) in [6, 6.07) is 15.7. The predicted molar refractivity (Wildman–Crippen MR) is 134 cm³/mol. The van der Waals surface area contributed by atoms with E-state index in [-0.39, 0.29) is 45.1 Å². The van der Waals surface area contributed by atoms with Gasteiger partial charge in [-0.1, -0.05) is 46.9 Å². The molecule has 11 heteroatoms. The molecule has 8 nitrogen and oxygen atoms in total. The molecule has 0 spiro atoms. The van der Waals surface area contributed by atoms with E-state index in [1.807, 2.05) is 0 Å². The molecule has 3 aromatic carbocycles. The van der Waals surface area contributed by atoms with Gasteiger partial charge in [-0.3, -0.25) is 14.9 Å². The zero-order valence-electron chi connectivity index (χ0n) is 18.1. The Morgan fingerprint density at radius 3 is 2.34 bits per heavy atom. The van der Waals surface area contributed by atoms with Crippen LogP contribution in [0.1, 0.15) is 11.1 Å². The van der Waals surface area contributed by atoms with Crippen molar-refractivity contribution in [1.82, 2.24) is 0 Å². The number of anilines is 1. The molecule has 0 saturated carbocycles. The van der Waals surface area contributed by atoms with Crippen LogP contribution in [0, 0.1) is 21.4 Å². The molecule has 178 valence electrons. The van der Waals surface area contributed by atoms with Crippen LogP contribution in [-0.2, 0) is 11.4 Å². The van der Waals surface area contributed by atoms with Crippen LogP contribution in [0.5, 0.6) is 11.5 Å². The Bertz CT molecular complexity index is 1330. The van der Waals surface area contributed by atoms with Crippen LogP contribution in [-0.4, -0.2) is 17.9 Å². The van der Waals surface area contributed by atoms with Crippen molar-refractivity contribution in [1.29, 1.82) is 5.26 Å². The van der Waals surface area contributed by atoms with Gasteiger partial charge in [0.25, 0.3) is 11.6 Å². The number of amides is 1. The minimum absolute atomic E-state index is 0.0936. The second-order valence-electron chi connectivity index (χ2n) is 6.99. The monoisotopic (exact) mass is 531 g/mol. The number of nitro groups is 1. The standard InChI is InChI=1S/C24H16Cl3N3O5/c1-34-18-6-7-21(22(11-18)30(32)33)29-24(31)16(12-28)8-15-9-19(26)23(20(27)10-15)35-13-14-2-4-17(25)5-3-14/h2-11H,13H2,1H3,(H,29,31)/b16-8+. The summed E-state index contributed by atoms with van der Waals surface area (Å²) in [5, 5.41) is 24.1. The van der Waals surface area contributed by atoms with Gasteiger partial charge in [-0.25, -0.2) is 0 Å². The molecule has 0 bridgehead atoms. The number of methoxy groups -OCH3 is 1. The normalized spacial score (nSPS) is 10.9. The third kappa shape index (κ3) is 6.64. The first-order valence-corrected chi connectivity index (χ1v) is 11.0. The van der Waals surface area contributed by atoms with Crippen LogP contribution in [0.3, 0.4) is 0 Å².